The molecule has 1 N–H and O–H groups in total. The molecule has 0 unspecified atom stereocenters. The Morgan fingerprint density at radius 1 is 1.12 bits per heavy atom. The minimum Gasteiger partial charge on any atom is -0.359 e. The normalized spacial score (nSPS) is 19.1. The maximum atomic E-state index is 11.7. The van der Waals surface area contributed by atoms with Crippen molar-refractivity contribution in [1.82, 2.24) is 0 Å². The summed E-state index contributed by atoms with van der Waals surface area (Å²) in [7, 11) is -9.28. The number of nitrogens with zero attached hydrogens (tertiary/aromatic N) is 2. The third kappa shape index (κ3) is 2.67. The molecule has 1 aliphatic rings. The van der Waals surface area contributed by atoms with Gasteiger partial charge in [-0.1, -0.05) is 19.3 Å². The Hall–Kier alpha value is -0.760. The lowest BCUT2D eigenvalue weighted by Gasteiger charge is -2.18. The first-order valence-corrected chi connectivity index (χ1v) is 7.72. The van der Waals surface area contributed by atoms with Crippen LogP contribution in [0.25, 0.3) is 5.53 Å². The van der Waals surface area contributed by atoms with E-state index in [1.807, 2.05) is 0 Å². The lowest BCUT2D eigenvalue weighted by atomic mass is 10.0. The number of hydrogen-bond donors (Lipinski definition) is 1. The molecular weight excluding hydrogens is 256 g/mol. The molecule has 0 radical (unpaired) electrons. The lowest BCUT2D eigenvalue weighted by molar-refractivity contribution is 0.00305. The first-order valence-electron chi connectivity index (χ1n) is 4.73. The highest BCUT2D eigenvalue weighted by Gasteiger charge is 2.45. The molecule has 1 fully saturated rings. The summed E-state index contributed by atoms with van der Waals surface area (Å²) in [5.74, 6) is 0. The van der Waals surface area contributed by atoms with Crippen molar-refractivity contribution < 1.29 is 26.2 Å². The molecule has 0 aromatic heterocycles. The molecule has 1 aliphatic carbocycles. The smallest absolute Gasteiger partial charge is 0.359 e. The van der Waals surface area contributed by atoms with Gasteiger partial charge >= 0.3 is 14.5 Å². The lowest BCUT2D eigenvalue weighted by Crippen LogP contribution is -2.35. The highest BCUT2D eigenvalue weighted by molar-refractivity contribution is 8.29. The van der Waals surface area contributed by atoms with Crippen LogP contribution in [0.1, 0.15) is 32.1 Å². The topological polar surface area (TPSA) is 125 Å². The van der Waals surface area contributed by atoms with Crippen LogP contribution in [0.5, 0.6) is 0 Å². The summed E-state index contributed by atoms with van der Waals surface area (Å²) in [5, 5.41) is -0.894. The second-order valence-corrected chi connectivity index (χ2v) is 7.38. The molecular formula is C7H12N2O5S2. The highest BCUT2D eigenvalue weighted by atomic mass is 32.3. The van der Waals surface area contributed by atoms with Gasteiger partial charge in [-0.2, -0.15) is 8.42 Å². The second-order valence-electron chi connectivity index (χ2n) is 3.65. The molecule has 0 bridgehead atoms. The van der Waals surface area contributed by atoms with Gasteiger partial charge in [-0.3, -0.25) is 4.55 Å². The molecule has 1 rings (SSSR count). The summed E-state index contributed by atoms with van der Waals surface area (Å²) in [6.45, 7) is 0. The monoisotopic (exact) mass is 268 g/mol. The fourth-order valence-corrected chi connectivity index (χ4v) is 4.81. The average molecular weight is 268 g/mol. The van der Waals surface area contributed by atoms with Crippen LogP contribution in [-0.2, 0) is 20.0 Å². The van der Waals surface area contributed by atoms with E-state index in [2.05, 4.69) is 4.79 Å². The number of sulfone groups is 1. The maximum absolute atomic E-state index is 11.7. The van der Waals surface area contributed by atoms with E-state index in [1.54, 1.807) is 0 Å². The van der Waals surface area contributed by atoms with Crippen LogP contribution >= 0.6 is 0 Å². The molecule has 0 heterocycles. The zero-order chi connectivity index (χ0) is 12.4. The Kier molecular flexibility index (Phi) is 3.84. The summed E-state index contributed by atoms with van der Waals surface area (Å²) < 4.78 is 52.0. The molecule has 1 saturated carbocycles. The second kappa shape index (κ2) is 4.62. The molecule has 0 amide bonds. The molecule has 0 atom stereocenters. The minimum absolute atomic E-state index is 0.316. The van der Waals surface area contributed by atoms with Crippen molar-refractivity contribution >= 4 is 24.3 Å². The predicted octanol–water partition coefficient (Wildman–Crippen LogP) is 0.207. The van der Waals surface area contributed by atoms with Gasteiger partial charge in [0, 0.05) is 0 Å². The Balaban J connectivity index is 3.15. The van der Waals surface area contributed by atoms with Crippen LogP contribution < -0.4 is 0 Å². The van der Waals surface area contributed by atoms with E-state index in [9.17, 15) is 16.8 Å². The Morgan fingerprint density at radius 3 is 2.00 bits per heavy atom. The Labute approximate surface area is 93.8 Å². The third-order valence-electron chi connectivity index (χ3n) is 2.54. The molecule has 9 heteroatoms. The standard InChI is InChI=1S/C7H12N2O5S2/c8-9-7(16(12,13)14)15(10,11)6-4-2-1-3-5-6/h6H,1-5H2,(H,12,13,14). The van der Waals surface area contributed by atoms with E-state index in [0.29, 0.717) is 25.7 Å². The summed E-state index contributed by atoms with van der Waals surface area (Å²) in [6.07, 6.45) is 2.87. The molecule has 0 saturated heterocycles. The summed E-state index contributed by atoms with van der Waals surface area (Å²) in [4.78, 5) is 2.20. The molecule has 7 nitrogen and oxygen atoms in total. The van der Waals surface area contributed by atoms with Gasteiger partial charge in [-0.05, 0) is 12.8 Å². The third-order valence-corrected chi connectivity index (χ3v) is 6.31. The van der Waals surface area contributed by atoms with Crippen molar-refractivity contribution in [3.8, 4) is 0 Å². The van der Waals surface area contributed by atoms with Crippen LogP contribution in [0.2, 0.25) is 0 Å². The van der Waals surface area contributed by atoms with E-state index in [1.165, 1.54) is 0 Å². The Bertz CT molecular complexity index is 509. The van der Waals surface area contributed by atoms with Crippen molar-refractivity contribution in [1.29, 1.82) is 0 Å². The van der Waals surface area contributed by atoms with Crippen LogP contribution in [0.3, 0.4) is 0 Å². The first kappa shape index (κ1) is 13.3. The summed E-state index contributed by atoms with van der Waals surface area (Å²) in [6, 6.07) is 0. The van der Waals surface area contributed by atoms with E-state index in [0.717, 1.165) is 6.42 Å². The van der Waals surface area contributed by atoms with E-state index >= 15 is 0 Å². The summed E-state index contributed by atoms with van der Waals surface area (Å²) >= 11 is 0. The van der Waals surface area contributed by atoms with E-state index in [-0.39, 0.29) is 0 Å². The van der Waals surface area contributed by atoms with Crippen LogP contribution in [0.4, 0.5) is 0 Å². The minimum atomic E-state index is -5.01. The number of rotatable bonds is 1. The van der Waals surface area contributed by atoms with Crippen LogP contribution in [0, 0.1) is 0 Å². The fourth-order valence-electron chi connectivity index (χ4n) is 1.77. The van der Waals surface area contributed by atoms with Crippen molar-refractivity contribution in [3.05, 3.63) is 5.53 Å². The van der Waals surface area contributed by atoms with Gasteiger partial charge in [-0.15, -0.1) is 4.79 Å². The van der Waals surface area contributed by atoms with Gasteiger partial charge in [0.1, 0.15) is 0 Å². The number of hydrogen-bond acceptors (Lipinski definition) is 4. The van der Waals surface area contributed by atoms with Gasteiger partial charge in [0.05, 0.1) is 5.25 Å². The Morgan fingerprint density at radius 2 is 1.62 bits per heavy atom. The first-order chi connectivity index (χ1) is 7.30. The van der Waals surface area contributed by atoms with Gasteiger partial charge in [0.2, 0.25) is 0 Å². The molecule has 92 valence electrons. The fraction of sp³-hybridized carbons (Fsp3) is 0.857. The van der Waals surface area contributed by atoms with Crippen LogP contribution in [-0.4, -0.2) is 35.8 Å². The SMILES string of the molecule is [N-]=[N+]=C(S(=O)(=O)O)S(=O)(=O)C1CCCCC1. The van der Waals surface area contributed by atoms with E-state index in [4.69, 9.17) is 10.1 Å². The van der Waals surface area contributed by atoms with Gasteiger partial charge in [-0.25, -0.2) is 8.42 Å². The molecule has 0 aromatic rings. The summed E-state index contributed by atoms with van der Waals surface area (Å²) in [5.41, 5.74) is 8.40. The quantitative estimate of drug-likeness (QED) is 0.239. The highest BCUT2D eigenvalue weighted by Crippen LogP contribution is 2.25. The van der Waals surface area contributed by atoms with Crippen molar-refractivity contribution in [2.45, 2.75) is 37.4 Å². The molecule has 0 aromatic carbocycles. The molecule has 0 aliphatic heterocycles. The van der Waals surface area contributed by atoms with Gasteiger partial charge in [0.25, 0.3) is 9.84 Å². The molecule has 0 spiro atoms. The molecule has 16 heavy (non-hydrogen) atoms. The van der Waals surface area contributed by atoms with E-state index < -0.39 is 29.6 Å². The zero-order valence-electron chi connectivity index (χ0n) is 8.40. The maximum Gasteiger partial charge on any atom is 0.520 e. The zero-order valence-corrected chi connectivity index (χ0v) is 10.0. The average Bonchev–Trinajstić information content (AvgIpc) is 2.17. The van der Waals surface area contributed by atoms with Gasteiger partial charge < -0.3 is 5.53 Å². The van der Waals surface area contributed by atoms with Gasteiger partial charge in [0.15, 0.2) is 0 Å². The van der Waals surface area contributed by atoms with Crippen molar-refractivity contribution in [2.75, 3.05) is 0 Å². The van der Waals surface area contributed by atoms with Crippen LogP contribution in [0.15, 0.2) is 0 Å². The van der Waals surface area contributed by atoms with Crippen molar-refractivity contribution in [2.24, 2.45) is 0 Å². The predicted molar refractivity (Wildman–Crippen MR) is 56.0 cm³/mol. The van der Waals surface area contributed by atoms with Crippen molar-refractivity contribution in [3.63, 3.8) is 0 Å². The largest absolute Gasteiger partial charge is 0.520 e.